The number of likely N-dealkylation sites (tertiary alicyclic amines) is 2. The molecule has 0 unspecified atom stereocenters. The van der Waals surface area contributed by atoms with Gasteiger partial charge < -0.3 is 14.5 Å². The minimum absolute atomic E-state index is 0.00370. The highest BCUT2D eigenvalue weighted by molar-refractivity contribution is 7.81. The fraction of sp³-hybridized carbons (Fsp3) is 0.591. The smallest absolute Gasteiger partial charge is 0.313 e. The summed E-state index contributed by atoms with van der Waals surface area (Å²) in [5.41, 5.74) is 0.614. The molecule has 0 saturated carbocycles. The molecule has 180 valence electrons. The Morgan fingerprint density at radius 3 is 2.61 bits per heavy atom. The monoisotopic (exact) mass is 477 g/mol. The number of nitro benzene ring substituents is 1. The molecule has 2 saturated heterocycles. The van der Waals surface area contributed by atoms with Gasteiger partial charge >= 0.3 is 5.97 Å². The minimum atomic E-state index is -0.529. The fourth-order valence-electron chi connectivity index (χ4n) is 4.35. The van der Waals surface area contributed by atoms with E-state index in [-0.39, 0.29) is 47.7 Å². The molecule has 1 N–H and O–H groups in total. The van der Waals surface area contributed by atoms with Crippen LogP contribution < -0.4 is 0 Å². The Bertz CT molecular complexity index is 896. The Hall–Kier alpha value is -2.66. The fourth-order valence-corrected chi connectivity index (χ4v) is 4.81. The number of likely N-dealkylation sites (N-methyl/N-ethyl adjacent to an activating group) is 1. The highest BCUT2D eigenvalue weighted by Gasteiger charge is 2.38. The number of esters is 1. The van der Waals surface area contributed by atoms with E-state index >= 15 is 0 Å². The number of amides is 1. The normalized spacial score (nSPS) is 22.9. The van der Waals surface area contributed by atoms with Crippen molar-refractivity contribution in [2.45, 2.75) is 37.2 Å². The molecule has 3 atom stereocenters. The predicted molar refractivity (Wildman–Crippen MR) is 126 cm³/mol. The number of nitrogens with one attached hydrogen (secondary N) is 1. The maximum atomic E-state index is 12.9. The van der Waals surface area contributed by atoms with E-state index in [1.54, 1.807) is 11.9 Å². The van der Waals surface area contributed by atoms with Crippen molar-refractivity contribution in [2.75, 3.05) is 40.3 Å². The average Bonchev–Trinajstić information content (AvgIpc) is 3.37. The van der Waals surface area contributed by atoms with Crippen molar-refractivity contribution in [3.8, 4) is 0 Å². The summed E-state index contributed by atoms with van der Waals surface area (Å²) < 4.78 is 5.20. The number of non-ortho nitro benzene ring substituents is 1. The Kier molecular flexibility index (Phi) is 8.30. The lowest BCUT2D eigenvalue weighted by Crippen LogP contribution is -2.43. The van der Waals surface area contributed by atoms with Crippen LogP contribution in [0, 0.1) is 21.4 Å². The maximum absolute atomic E-state index is 12.9. The van der Waals surface area contributed by atoms with Gasteiger partial charge in [-0.1, -0.05) is 0 Å². The number of carbonyl (C=O) groups excluding carboxylic acids is 2. The summed E-state index contributed by atoms with van der Waals surface area (Å²) in [5, 5.41) is 19.1. The standard InChI is InChI=1S/C22H31N5O5S/c1-24-13-18(33)9-19(24)22(29)26-8-7-16(12-26)11-25(2)20(23)10-21(28)32-14-15-3-5-17(6-4-15)27(30)31/h3-6,16,18-19,23,33H,7-14H2,1-2H3/t16-,18-,19-/m0/s1. The number of hydrogen-bond donors (Lipinski definition) is 2. The summed E-state index contributed by atoms with van der Waals surface area (Å²) in [6, 6.07) is 5.69. The number of thiol groups is 1. The van der Waals surface area contributed by atoms with Crippen LogP contribution in [-0.4, -0.2) is 88.9 Å². The van der Waals surface area contributed by atoms with Gasteiger partial charge in [0.2, 0.25) is 5.91 Å². The third-order valence-corrected chi connectivity index (χ3v) is 6.63. The van der Waals surface area contributed by atoms with Crippen LogP contribution in [0.15, 0.2) is 24.3 Å². The largest absolute Gasteiger partial charge is 0.460 e. The SMILES string of the molecule is CN(C[C@@H]1CCN(C(=O)[C@@H]2C[C@H](S)CN2C)C1)C(=N)CC(=O)OCc1ccc([N+](=O)[O-])cc1. The Morgan fingerprint density at radius 2 is 2.00 bits per heavy atom. The topological polar surface area (TPSA) is 120 Å². The summed E-state index contributed by atoms with van der Waals surface area (Å²) in [5.74, 6) is 0.0268. The molecule has 1 aromatic rings. The second-order valence-corrected chi connectivity index (χ2v) is 9.60. The number of amidine groups is 1. The maximum Gasteiger partial charge on any atom is 0.313 e. The van der Waals surface area contributed by atoms with E-state index in [1.807, 2.05) is 11.9 Å². The quantitative estimate of drug-likeness (QED) is 0.146. The Morgan fingerprint density at radius 1 is 1.30 bits per heavy atom. The van der Waals surface area contributed by atoms with E-state index < -0.39 is 10.9 Å². The van der Waals surface area contributed by atoms with Crippen LogP contribution in [-0.2, 0) is 20.9 Å². The number of carbonyl (C=O) groups is 2. The molecule has 2 aliphatic heterocycles. The van der Waals surface area contributed by atoms with Crippen LogP contribution in [0.1, 0.15) is 24.8 Å². The zero-order chi connectivity index (χ0) is 24.1. The first-order valence-corrected chi connectivity index (χ1v) is 11.5. The van der Waals surface area contributed by atoms with Gasteiger partial charge in [0, 0.05) is 50.6 Å². The average molecular weight is 478 g/mol. The highest BCUT2D eigenvalue weighted by Crippen LogP contribution is 2.25. The Labute approximate surface area is 198 Å². The molecule has 10 nitrogen and oxygen atoms in total. The minimum Gasteiger partial charge on any atom is -0.460 e. The van der Waals surface area contributed by atoms with Crippen LogP contribution in [0.3, 0.4) is 0 Å². The summed E-state index contributed by atoms with van der Waals surface area (Å²) in [6.07, 6.45) is 1.48. The second kappa shape index (κ2) is 11.0. The van der Waals surface area contributed by atoms with Gasteiger partial charge in [0.25, 0.3) is 5.69 Å². The highest BCUT2D eigenvalue weighted by atomic mass is 32.1. The molecule has 0 aliphatic carbocycles. The summed E-state index contributed by atoms with van der Waals surface area (Å²) in [4.78, 5) is 40.9. The molecule has 2 heterocycles. The van der Waals surface area contributed by atoms with Crippen molar-refractivity contribution in [3.63, 3.8) is 0 Å². The zero-order valence-corrected chi connectivity index (χ0v) is 19.9. The number of nitrogens with zero attached hydrogens (tertiary/aromatic N) is 4. The molecule has 0 bridgehead atoms. The van der Waals surface area contributed by atoms with E-state index in [0.29, 0.717) is 25.2 Å². The van der Waals surface area contributed by atoms with Gasteiger partial charge in [0.15, 0.2) is 0 Å². The third kappa shape index (κ3) is 6.67. The van der Waals surface area contributed by atoms with Gasteiger partial charge in [-0.2, -0.15) is 12.6 Å². The molecule has 11 heteroatoms. The second-order valence-electron chi connectivity index (χ2n) is 8.87. The van der Waals surface area contributed by atoms with Gasteiger partial charge in [-0.05, 0) is 43.5 Å². The van der Waals surface area contributed by atoms with Gasteiger partial charge in [0.1, 0.15) is 18.9 Å². The lowest BCUT2D eigenvalue weighted by molar-refractivity contribution is -0.384. The van der Waals surface area contributed by atoms with Crippen molar-refractivity contribution < 1.29 is 19.2 Å². The van der Waals surface area contributed by atoms with E-state index in [9.17, 15) is 19.7 Å². The van der Waals surface area contributed by atoms with Gasteiger partial charge in [0.05, 0.1) is 11.0 Å². The molecular formula is C22H31N5O5S. The van der Waals surface area contributed by atoms with Crippen LogP contribution >= 0.6 is 12.6 Å². The number of nitro groups is 1. The lowest BCUT2D eigenvalue weighted by Gasteiger charge is -2.26. The number of rotatable bonds is 8. The van der Waals surface area contributed by atoms with E-state index in [0.717, 1.165) is 19.4 Å². The molecule has 2 fully saturated rings. The molecule has 33 heavy (non-hydrogen) atoms. The predicted octanol–water partition coefficient (Wildman–Crippen LogP) is 1.79. The number of ether oxygens (including phenoxy) is 1. The molecular weight excluding hydrogens is 446 g/mol. The Balaban J connectivity index is 1.39. The third-order valence-electron chi connectivity index (χ3n) is 6.26. The molecule has 2 aliphatic rings. The van der Waals surface area contributed by atoms with Crippen molar-refractivity contribution in [2.24, 2.45) is 5.92 Å². The zero-order valence-electron chi connectivity index (χ0n) is 19.0. The first kappa shape index (κ1) is 25.0. The first-order valence-electron chi connectivity index (χ1n) is 11.0. The molecule has 3 rings (SSSR count). The lowest BCUT2D eigenvalue weighted by atomic mass is 10.1. The number of hydrogen-bond acceptors (Lipinski definition) is 8. The van der Waals surface area contributed by atoms with Crippen LogP contribution in [0.25, 0.3) is 0 Å². The van der Waals surface area contributed by atoms with Gasteiger partial charge in [-0.25, -0.2) is 0 Å². The summed E-state index contributed by atoms with van der Waals surface area (Å²) >= 11 is 4.50. The first-order chi connectivity index (χ1) is 15.6. The van der Waals surface area contributed by atoms with E-state index in [1.165, 1.54) is 24.3 Å². The summed E-state index contributed by atoms with van der Waals surface area (Å²) in [7, 11) is 3.73. The summed E-state index contributed by atoms with van der Waals surface area (Å²) in [6.45, 7) is 2.77. The van der Waals surface area contributed by atoms with Crippen LogP contribution in [0.2, 0.25) is 0 Å². The molecule has 0 aromatic heterocycles. The van der Waals surface area contributed by atoms with Gasteiger partial charge in [-0.3, -0.25) is 30.0 Å². The van der Waals surface area contributed by atoms with Crippen LogP contribution in [0.4, 0.5) is 5.69 Å². The molecule has 0 spiro atoms. The molecule has 1 amide bonds. The molecule has 1 aromatic carbocycles. The van der Waals surface area contributed by atoms with E-state index in [2.05, 4.69) is 17.5 Å². The molecule has 0 radical (unpaired) electrons. The van der Waals surface area contributed by atoms with Crippen molar-refractivity contribution in [1.29, 1.82) is 5.41 Å². The van der Waals surface area contributed by atoms with Crippen molar-refractivity contribution >= 4 is 36.0 Å². The van der Waals surface area contributed by atoms with E-state index in [4.69, 9.17) is 10.1 Å². The van der Waals surface area contributed by atoms with Crippen LogP contribution in [0.5, 0.6) is 0 Å². The van der Waals surface area contributed by atoms with Gasteiger partial charge in [-0.15, -0.1) is 0 Å². The van der Waals surface area contributed by atoms with Crippen molar-refractivity contribution in [1.82, 2.24) is 14.7 Å². The van der Waals surface area contributed by atoms with Crippen molar-refractivity contribution in [3.05, 3.63) is 39.9 Å². The number of benzene rings is 1.